The number of carbonyl (C=O) groups is 1. The van der Waals surface area contributed by atoms with Crippen LogP contribution in [0.4, 0.5) is 0 Å². The molecule has 0 aromatic heterocycles. The highest BCUT2D eigenvalue weighted by atomic mass is 127. The zero-order chi connectivity index (χ0) is 19.1. The largest absolute Gasteiger partial charge is 0.744 e. The molecule has 0 aliphatic rings. The van der Waals surface area contributed by atoms with Gasteiger partial charge in [0, 0.05) is 25.0 Å². The Morgan fingerprint density at radius 2 is 1.48 bits per heavy atom. The summed E-state index contributed by atoms with van der Waals surface area (Å²) in [6.45, 7) is 0. The summed E-state index contributed by atoms with van der Waals surface area (Å²) in [6.07, 6.45) is 0. The summed E-state index contributed by atoms with van der Waals surface area (Å²) in [5.41, 5.74) is 0.257. The maximum Gasteiger partial charge on any atom is 0.344 e. The molecular weight excluding hydrogens is 842 g/mol. The molecule has 0 heterocycles. The van der Waals surface area contributed by atoms with E-state index >= 15 is 0 Å². The molecule has 0 fully saturated rings. The second kappa shape index (κ2) is 8.69. The average Bonchev–Trinajstić information content (AvgIpc) is 2.46. The first kappa shape index (κ1) is 22.5. The number of rotatable bonds is 3. The highest BCUT2D eigenvalue weighted by Gasteiger charge is 2.20. The normalized spacial score (nSPS) is 11.5. The minimum atomic E-state index is -4.61. The Bertz CT molecular complexity index is 971. The zero-order valence-corrected chi connectivity index (χ0v) is 22.9. The molecule has 25 heavy (non-hydrogen) atoms. The Morgan fingerprint density at radius 3 is 1.96 bits per heavy atom. The van der Waals surface area contributed by atoms with E-state index in [1.54, 1.807) is 51.2 Å². The van der Waals surface area contributed by atoms with Crippen LogP contribution in [0, 0.1) is 7.14 Å². The third-order valence-electron chi connectivity index (χ3n) is 2.75. The van der Waals surface area contributed by atoms with Gasteiger partial charge in [0.15, 0.2) is 0 Å². The van der Waals surface area contributed by atoms with E-state index in [2.05, 4.69) is 63.7 Å². The van der Waals surface area contributed by atoms with Crippen LogP contribution in [-0.2, 0) is 10.1 Å². The molecule has 0 aliphatic heterocycles. The first-order chi connectivity index (χ1) is 11.4. The lowest BCUT2D eigenvalue weighted by Crippen LogP contribution is -2.11. The Balaban J connectivity index is 2.43. The van der Waals surface area contributed by atoms with Crippen molar-refractivity contribution in [1.82, 2.24) is 0 Å². The van der Waals surface area contributed by atoms with Crippen LogP contribution in [0.3, 0.4) is 0 Å². The van der Waals surface area contributed by atoms with Gasteiger partial charge in [-0.2, -0.15) is 0 Å². The molecule has 0 bridgehead atoms. The van der Waals surface area contributed by atoms with E-state index in [-0.39, 0.29) is 23.3 Å². The molecule has 0 saturated heterocycles. The lowest BCUT2D eigenvalue weighted by atomic mass is 10.2. The van der Waals surface area contributed by atoms with E-state index in [0.717, 1.165) is 4.47 Å². The van der Waals surface area contributed by atoms with Gasteiger partial charge in [0.2, 0.25) is 0 Å². The van der Waals surface area contributed by atoms with Crippen molar-refractivity contribution in [1.29, 1.82) is 0 Å². The number of esters is 1. The molecule has 12 heteroatoms. The first-order valence-electron chi connectivity index (χ1n) is 5.93. The minimum absolute atomic E-state index is 0.133. The van der Waals surface area contributed by atoms with E-state index in [1.807, 2.05) is 0 Å². The van der Waals surface area contributed by atoms with Crippen LogP contribution < -0.4 is 4.74 Å². The van der Waals surface area contributed by atoms with Crippen molar-refractivity contribution < 1.29 is 22.5 Å². The molecule has 0 saturated carbocycles. The van der Waals surface area contributed by atoms with Crippen molar-refractivity contribution >= 4 is 125 Å². The predicted molar refractivity (Wildman–Crippen MR) is 122 cm³/mol. The molecule has 0 N–H and O–H groups in total. The number of benzene rings is 2. The highest BCUT2D eigenvalue weighted by Crippen LogP contribution is 2.39. The van der Waals surface area contributed by atoms with Crippen LogP contribution in [0.2, 0.25) is 0 Å². The maximum atomic E-state index is 12.5. The van der Waals surface area contributed by atoms with Crippen molar-refractivity contribution in [3.8, 4) is 5.75 Å². The Kier molecular flexibility index (Phi) is 7.82. The van der Waals surface area contributed by atoms with Crippen molar-refractivity contribution in [2.24, 2.45) is 0 Å². The second-order valence-corrected chi connectivity index (χ2v) is 11.3. The van der Waals surface area contributed by atoms with Crippen LogP contribution >= 0.6 is 109 Å². The Labute approximate surface area is 204 Å². The van der Waals surface area contributed by atoms with Crippen molar-refractivity contribution in [2.45, 2.75) is 4.90 Å². The van der Waals surface area contributed by atoms with Gasteiger partial charge in [-0.15, -0.1) is 0 Å². The van der Waals surface area contributed by atoms with E-state index in [1.165, 1.54) is 12.1 Å². The van der Waals surface area contributed by atoms with Crippen LogP contribution in [0.15, 0.2) is 41.0 Å². The monoisotopic (exact) mass is 840 g/mol. The van der Waals surface area contributed by atoms with Crippen LogP contribution in [0.5, 0.6) is 5.75 Å². The highest BCUT2D eigenvalue weighted by molar-refractivity contribution is 14.1. The van der Waals surface area contributed by atoms with E-state index in [0.29, 0.717) is 13.4 Å². The average molecular weight is 845 g/mol. The molecule has 0 unspecified atom stereocenters. The topological polar surface area (TPSA) is 83.5 Å². The van der Waals surface area contributed by atoms with E-state index in [4.69, 9.17) is 4.74 Å². The standard InChI is InChI=1S/C13H4Br4I2O5S/c14-6-3-5(9(15)11(17)10(6)16)13(20)24-4-1-7(18)12(8(19)2-4)25(21,22)23/h1-3H,(H,21,22,23)/p-1. The molecule has 0 aliphatic carbocycles. The minimum Gasteiger partial charge on any atom is -0.744 e. The Morgan fingerprint density at radius 1 is 0.960 bits per heavy atom. The SMILES string of the molecule is O=C(Oc1cc(I)c(S(=O)(=O)[O-])c(I)c1)c1cc(Br)c(Br)c(Br)c1Br. The van der Waals surface area contributed by atoms with Gasteiger partial charge in [0.05, 0.1) is 10.5 Å². The van der Waals surface area contributed by atoms with Gasteiger partial charge in [-0.05, 0) is 127 Å². The molecular formula is C13H3Br4I2O5S-. The number of halogens is 6. The third kappa shape index (κ3) is 5.17. The number of hydrogen-bond acceptors (Lipinski definition) is 5. The lowest BCUT2D eigenvalue weighted by Gasteiger charge is -2.14. The molecule has 134 valence electrons. The van der Waals surface area contributed by atoms with Gasteiger partial charge in [0.1, 0.15) is 15.9 Å². The molecule has 2 aromatic rings. The second-order valence-electron chi connectivity index (χ2n) is 4.41. The summed E-state index contributed by atoms with van der Waals surface area (Å²) in [5.74, 6) is -0.515. The van der Waals surface area contributed by atoms with Gasteiger partial charge in [-0.25, -0.2) is 13.2 Å². The van der Waals surface area contributed by atoms with E-state index < -0.39 is 16.1 Å². The summed E-state index contributed by atoms with van der Waals surface area (Å²) in [7, 11) is -4.61. The molecule has 2 aromatic carbocycles. The van der Waals surface area contributed by atoms with Gasteiger partial charge in [-0.3, -0.25) is 0 Å². The van der Waals surface area contributed by atoms with Crippen LogP contribution in [0.25, 0.3) is 0 Å². The van der Waals surface area contributed by atoms with E-state index in [9.17, 15) is 17.8 Å². The number of carbonyl (C=O) groups excluding carboxylic acids is 1. The third-order valence-corrected chi connectivity index (χ3v) is 10.8. The summed E-state index contributed by atoms with van der Waals surface area (Å²) >= 11 is 16.8. The van der Waals surface area contributed by atoms with Gasteiger partial charge in [-0.1, -0.05) is 0 Å². The van der Waals surface area contributed by atoms with Crippen molar-refractivity contribution in [3.63, 3.8) is 0 Å². The predicted octanol–water partition coefficient (Wildman–Crippen LogP) is 6.07. The molecule has 2 rings (SSSR count). The lowest BCUT2D eigenvalue weighted by molar-refractivity contribution is 0.0733. The zero-order valence-electron chi connectivity index (χ0n) is 11.4. The summed E-state index contributed by atoms with van der Waals surface area (Å²) in [5, 5.41) is 0. The molecule has 0 amide bonds. The van der Waals surface area contributed by atoms with Crippen LogP contribution in [-0.4, -0.2) is 18.9 Å². The number of ether oxygens (including phenoxy) is 1. The number of hydrogen-bond donors (Lipinski definition) is 0. The van der Waals surface area contributed by atoms with Crippen molar-refractivity contribution in [3.05, 3.63) is 48.8 Å². The smallest absolute Gasteiger partial charge is 0.344 e. The quantitative estimate of drug-likeness (QED) is 0.0937. The fourth-order valence-electron chi connectivity index (χ4n) is 1.72. The maximum absolute atomic E-state index is 12.5. The van der Waals surface area contributed by atoms with Crippen molar-refractivity contribution in [2.75, 3.05) is 0 Å². The first-order valence-corrected chi connectivity index (χ1v) is 12.7. The van der Waals surface area contributed by atoms with Gasteiger partial charge >= 0.3 is 5.97 Å². The van der Waals surface area contributed by atoms with Gasteiger partial charge < -0.3 is 9.29 Å². The molecule has 5 nitrogen and oxygen atoms in total. The fourth-order valence-corrected chi connectivity index (χ4v) is 7.82. The summed E-state index contributed by atoms with van der Waals surface area (Å²) in [4.78, 5) is 12.1. The fraction of sp³-hybridized carbons (Fsp3) is 0. The molecule has 0 radical (unpaired) electrons. The summed E-state index contributed by atoms with van der Waals surface area (Å²) < 4.78 is 42.0. The Hall–Kier alpha value is 1.20. The molecule has 0 atom stereocenters. The van der Waals surface area contributed by atoms with Crippen LogP contribution in [0.1, 0.15) is 10.4 Å². The van der Waals surface area contributed by atoms with Gasteiger partial charge in [0.25, 0.3) is 0 Å². The molecule has 0 spiro atoms. The summed E-state index contributed by atoms with van der Waals surface area (Å²) in [6, 6.07) is 4.22.